The van der Waals surface area contributed by atoms with Crippen molar-refractivity contribution in [1.29, 1.82) is 0 Å². The lowest BCUT2D eigenvalue weighted by molar-refractivity contribution is -0.0235. The number of fused-ring (bicyclic) bond motifs is 1. The number of nitrogens with one attached hydrogen (secondary N) is 1. The van der Waals surface area contributed by atoms with Crippen LogP contribution in [0.15, 0.2) is 35.9 Å². The van der Waals surface area contributed by atoms with Gasteiger partial charge in [0.1, 0.15) is 6.61 Å². The normalized spacial score (nSPS) is 24.5. The van der Waals surface area contributed by atoms with E-state index in [0.29, 0.717) is 44.2 Å². The number of rotatable bonds is 10. The summed E-state index contributed by atoms with van der Waals surface area (Å²) < 4.78 is 24.5. The van der Waals surface area contributed by atoms with E-state index in [1.54, 1.807) is 18.2 Å². The average molecular weight is 363 g/mol. The van der Waals surface area contributed by atoms with Crippen LogP contribution in [0.4, 0.5) is 4.39 Å². The predicted molar refractivity (Wildman–Crippen MR) is 99.7 cm³/mol. The Morgan fingerprint density at radius 1 is 1.35 bits per heavy atom. The van der Waals surface area contributed by atoms with Gasteiger partial charge >= 0.3 is 0 Å². The number of aliphatic hydroxyl groups excluding tert-OH is 1. The van der Waals surface area contributed by atoms with Gasteiger partial charge in [0.05, 0.1) is 19.3 Å². The molecule has 1 aromatic carbocycles. The van der Waals surface area contributed by atoms with Gasteiger partial charge in [-0.1, -0.05) is 32.1 Å². The van der Waals surface area contributed by atoms with Crippen LogP contribution in [0.2, 0.25) is 0 Å². The zero-order valence-corrected chi connectivity index (χ0v) is 15.7. The topological polar surface area (TPSA) is 50.7 Å². The molecule has 144 valence electrons. The first kappa shape index (κ1) is 19.3. The minimum Gasteiger partial charge on any atom is -0.489 e. The van der Waals surface area contributed by atoms with Gasteiger partial charge < -0.3 is 19.9 Å². The summed E-state index contributed by atoms with van der Waals surface area (Å²) in [5, 5.41) is 13.1. The highest BCUT2D eigenvalue weighted by Gasteiger charge is 2.50. The highest BCUT2D eigenvalue weighted by Crippen LogP contribution is 2.59. The first-order valence-corrected chi connectivity index (χ1v) is 9.51. The number of hydrogen-bond acceptors (Lipinski definition) is 4. The number of allylic oxidation sites excluding steroid dienone is 1. The maximum atomic E-state index is 13.4. The Morgan fingerprint density at radius 3 is 2.88 bits per heavy atom. The summed E-state index contributed by atoms with van der Waals surface area (Å²) in [6.45, 7) is 6.94. The van der Waals surface area contributed by atoms with Gasteiger partial charge in [0, 0.05) is 13.1 Å². The van der Waals surface area contributed by atoms with Gasteiger partial charge in [0.15, 0.2) is 11.6 Å². The molecule has 0 aliphatic heterocycles. The van der Waals surface area contributed by atoms with Crippen molar-refractivity contribution in [3.8, 4) is 5.75 Å². The number of para-hydroxylation sites is 1. The van der Waals surface area contributed by atoms with Crippen LogP contribution in [0, 0.1) is 23.1 Å². The minimum absolute atomic E-state index is 0.250. The Bertz CT molecular complexity index is 631. The fourth-order valence-electron chi connectivity index (χ4n) is 4.08. The third kappa shape index (κ3) is 4.45. The molecule has 2 N–H and O–H groups in total. The van der Waals surface area contributed by atoms with E-state index in [4.69, 9.17) is 9.47 Å². The molecule has 26 heavy (non-hydrogen) atoms. The number of benzene rings is 1. The second kappa shape index (κ2) is 8.51. The fourth-order valence-corrected chi connectivity index (χ4v) is 4.08. The highest BCUT2D eigenvalue weighted by atomic mass is 19.1. The van der Waals surface area contributed by atoms with Gasteiger partial charge in [0.25, 0.3) is 0 Å². The van der Waals surface area contributed by atoms with Gasteiger partial charge in [-0.2, -0.15) is 0 Å². The quantitative estimate of drug-likeness (QED) is 0.495. The van der Waals surface area contributed by atoms with Crippen LogP contribution in [0.25, 0.3) is 0 Å². The number of ether oxygens (including phenoxy) is 2. The third-order valence-electron chi connectivity index (χ3n) is 5.91. The number of hydrogen-bond donors (Lipinski definition) is 2. The molecule has 0 radical (unpaired) electrons. The van der Waals surface area contributed by atoms with Gasteiger partial charge in [0.2, 0.25) is 0 Å². The minimum atomic E-state index is -0.560. The molecule has 1 aromatic rings. The Kier molecular flexibility index (Phi) is 6.33. The lowest BCUT2D eigenvalue weighted by atomic mass is 9.49. The molecule has 0 aromatic heterocycles. The molecule has 2 bridgehead atoms. The second-order valence-electron chi connectivity index (χ2n) is 7.97. The Labute approximate surface area is 155 Å². The summed E-state index contributed by atoms with van der Waals surface area (Å²) in [4.78, 5) is 0. The maximum absolute atomic E-state index is 13.4. The Balaban J connectivity index is 1.25. The van der Waals surface area contributed by atoms with Crippen LogP contribution in [0.5, 0.6) is 5.75 Å². The van der Waals surface area contributed by atoms with E-state index in [9.17, 15) is 9.50 Å². The van der Waals surface area contributed by atoms with Gasteiger partial charge in [-0.05, 0) is 47.8 Å². The molecule has 0 unspecified atom stereocenters. The molecule has 1 fully saturated rings. The zero-order valence-electron chi connectivity index (χ0n) is 15.7. The lowest BCUT2D eigenvalue weighted by Crippen LogP contribution is -2.48. The van der Waals surface area contributed by atoms with Gasteiger partial charge in [-0.15, -0.1) is 0 Å². The van der Waals surface area contributed by atoms with Gasteiger partial charge in [-0.3, -0.25) is 0 Å². The van der Waals surface area contributed by atoms with Crippen LogP contribution in [-0.4, -0.2) is 44.1 Å². The van der Waals surface area contributed by atoms with E-state index in [1.807, 2.05) is 0 Å². The summed E-state index contributed by atoms with van der Waals surface area (Å²) in [7, 11) is 0. The molecule has 3 aliphatic rings. The molecular formula is C21H30FNO3. The van der Waals surface area contributed by atoms with E-state index in [2.05, 4.69) is 25.2 Å². The maximum Gasteiger partial charge on any atom is 0.165 e. The molecule has 4 rings (SSSR count). The van der Waals surface area contributed by atoms with Crippen LogP contribution in [0.3, 0.4) is 0 Å². The van der Waals surface area contributed by atoms with Crippen molar-refractivity contribution in [2.45, 2.75) is 32.8 Å². The van der Waals surface area contributed by atoms with E-state index in [-0.39, 0.29) is 11.6 Å². The van der Waals surface area contributed by atoms with Crippen molar-refractivity contribution >= 4 is 0 Å². The molecule has 0 amide bonds. The standard InChI is InChI=1S/C21H30FNO3/c1-21(2)16-8-7-15(18(21)11-16)13-25-14-17(24)12-23-9-10-26-20-6-4-3-5-19(20)22/h3-7,16-18,23-24H,8-14H2,1-2H3/t16-,17+,18-/m0/s1. The number of aliphatic hydroxyl groups is 1. The van der Waals surface area contributed by atoms with Crippen LogP contribution in [-0.2, 0) is 4.74 Å². The molecule has 3 aliphatic carbocycles. The van der Waals surface area contributed by atoms with Crippen LogP contribution in [0.1, 0.15) is 26.7 Å². The van der Waals surface area contributed by atoms with E-state index >= 15 is 0 Å². The van der Waals surface area contributed by atoms with Crippen molar-refractivity contribution in [1.82, 2.24) is 5.32 Å². The SMILES string of the molecule is CC1(C)[C@H]2CC=C(COC[C@H](O)CNCCOc3ccccc3F)[C@@H]1C2. The van der Waals surface area contributed by atoms with Crippen molar-refractivity contribution in [3.63, 3.8) is 0 Å². The van der Waals surface area contributed by atoms with Crippen molar-refractivity contribution in [3.05, 3.63) is 41.7 Å². The Morgan fingerprint density at radius 2 is 2.15 bits per heavy atom. The molecule has 0 spiro atoms. The van der Waals surface area contributed by atoms with E-state index in [0.717, 1.165) is 12.3 Å². The van der Waals surface area contributed by atoms with E-state index < -0.39 is 6.10 Å². The second-order valence-corrected chi connectivity index (χ2v) is 7.97. The summed E-state index contributed by atoms with van der Waals surface area (Å²) >= 11 is 0. The molecule has 4 nitrogen and oxygen atoms in total. The molecule has 0 heterocycles. The molecule has 1 saturated carbocycles. The lowest BCUT2D eigenvalue weighted by Gasteiger charge is -2.56. The van der Waals surface area contributed by atoms with Crippen molar-refractivity contribution in [2.24, 2.45) is 17.3 Å². The smallest absolute Gasteiger partial charge is 0.165 e. The van der Waals surface area contributed by atoms with Gasteiger partial charge in [-0.25, -0.2) is 4.39 Å². The predicted octanol–water partition coefficient (Wildman–Crippen LogP) is 3.16. The highest BCUT2D eigenvalue weighted by molar-refractivity contribution is 5.24. The molecule has 0 saturated heterocycles. The molecular weight excluding hydrogens is 333 g/mol. The summed E-state index contributed by atoms with van der Waals surface area (Å²) in [6, 6.07) is 6.34. The summed E-state index contributed by atoms with van der Waals surface area (Å²) in [6.07, 6.45) is 4.21. The average Bonchev–Trinajstić information content (AvgIpc) is 2.63. The zero-order chi connectivity index (χ0) is 18.6. The van der Waals surface area contributed by atoms with E-state index in [1.165, 1.54) is 18.1 Å². The number of halogens is 1. The van der Waals surface area contributed by atoms with Crippen molar-refractivity contribution < 1.29 is 19.0 Å². The molecule has 3 atom stereocenters. The largest absolute Gasteiger partial charge is 0.489 e. The van der Waals surface area contributed by atoms with Crippen LogP contribution < -0.4 is 10.1 Å². The first-order valence-electron chi connectivity index (χ1n) is 9.51. The monoisotopic (exact) mass is 363 g/mol. The first-order chi connectivity index (χ1) is 12.5. The third-order valence-corrected chi connectivity index (χ3v) is 5.91. The molecule has 5 heteroatoms. The van der Waals surface area contributed by atoms with Crippen LogP contribution >= 0.6 is 0 Å². The summed E-state index contributed by atoms with van der Waals surface area (Å²) in [5.74, 6) is 1.36. The van der Waals surface area contributed by atoms with Crippen molar-refractivity contribution in [2.75, 3.05) is 32.9 Å². The Hall–Kier alpha value is -1.43. The summed E-state index contributed by atoms with van der Waals surface area (Å²) in [5.41, 5.74) is 1.81. The fraction of sp³-hybridized carbons (Fsp3) is 0.619.